The van der Waals surface area contributed by atoms with Gasteiger partial charge in [-0.05, 0) is 30.5 Å². The van der Waals surface area contributed by atoms with E-state index >= 15 is 0 Å². The predicted octanol–water partition coefficient (Wildman–Crippen LogP) is 1.02. The summed E-state index contributed by atoms with van der Waals surface area (Å²) in [5, 5.41) is 9.54. The molecule has 18 heavy (non-hydrogen) atoms. The van der Waals surface area contributed by atoms with Gasteiger partial charge in [-0.3, -0.25) is 0 Å². The van der Waals surface area contributed by atoms with E-state index in [4.69, 9.17) is 5.73 Å². The van der Waals surface area contributed by atoms with Gasteiger partial charge in [0.15, 0.2) is 0 Å². The highest BCUT2D eigenvalue weighted by Gasteiger charge is 2.42. The third-order valence-electron chi connectivity index (χ3n) is 4.22. The minimum atomic E-state index is -0.212. The lowest BCUT2D eigenvalue weighted by Crippen LogP contribution is -2.43. The Morgan fingerprint density at radius 1 is 1.33 bits per heavy atom. The molecule has 1 heterocycles. The number of H-pyrrole nitrogens is 2. The van der Waals surface area contributed by atoms with Gasteiger partial charge in [0.2, 0.25) is 0 Å². The van der Waals surface area contributed by atoms with Crippen LogP contribution in [0.5, 0.6) is 0 Å². The number of fused-ring (bicyclic) bond motifs is 1. The minimum Gasteiger partial charge on any atom is -0.396 e. The van der Waals surface area contributed by atoms with E-state index in [-0.39, 0.29) is 23.8 Å². The SMILES string of the molecule is NC(c1ccc2[nH]c(=O)[nH]c2c1)C1(CO)CCC1. The molecule has 0 amide bonds. The Labute approximate surface area is 104 Å². The molecule has 1 aliphatic carbocycles. The molecule has 0 bridgehead atoms. The summed E-state index contributed by atoms with van der Waals surface area (Å²) in [5.74, 6) is 0. The monoisotopic (exact) mass is 247 g/mol. The summed E-state index contributed by atoms with van der Waals surface area (Å²) < 4.78 is 0. The van der Waals surface area contributed by atoms with Crippen LogP contribution in [0.3, 0.4) is 0 Å². The van der Waals surface area contributed by atoms with E-state index in [1.54, 1.807) is 0 Å². The van der Waals surface area contributed by atoms with Gasteiger partial charge in [-0.25, -0.2) is 4.79 Å². The molecule has 0 radical (unpaired) electrons. The second-order valence-corrected chi connectivity index (χ2v) is 5.24. The largest absolute Gasteiger partial charge is 0.396 e. The maximum Gasteiger partial charge on any atom is 0.323 e. The molecule has 1 aromatic heterocycles. The summed E-state index contributed by atoms with van der Waals surface area (Å²) >= 11 is 0. The molecule has 1 fully saturated rings. The highest BCUT2D eigenvalue weighted by Crippen LogP contribution is 2.48. The van der Waals surface area contributed by atoms with Crippen LogP contribution in [0, 0.1) is 5.41 Å². The van der Waals surface area contributed by atoms with Crippen LogP contribution in [-0.2, 0) is 0 Å². The number of nitrogens with one attached hydrogen (secondary N) is 2. The van der Waals surface area contributed by atoms with Crippen LogP contribution in [0.2, 0.25) is 0 Å². The average molecular weight is 247 g/mol. The van der Waals surface area contributed by atoms with Gasteiger partial charge in [0.25, 0.3) is 0 Å². The van der Waals surface area contributed by atoms with Crippen molar-refractivity contribution in [3.8, 4) is 0 Å². The van der Waals surface area contributed by atoms with Crippen molar-refractivity contribution in [2.75, 3.05) is 6.61 Å². The molecular formula is C13H17N3O2. The van der Waals surface area contributed by atoms with E-state index in [1.807, 2.05) is 18.2 Å². The quantitative estimate of drug-likeness (QED) is 0.652. The number of aromatic nitrogens is 2. The normalized spacial score (nSPS) is 19.7. The van der Waals surface area contributed by atoms with E-state index in [1.165, 1.54) is 0 Å². The molecule has 2 aromatic rings. The molecule has 1 aromatic carbocycles. The topological polar surface area (TPSA) is 94.9 Å². The second-order valence-electron chi connectivity index (χ2n) is 5.24. The van der Waals surface area contributed by atoms with Crippen LogP contribution in [0.25, 0.3) is 11.0 Å². The number of aromatic amines is 2. The first-order chi connectivity index (χ1) is 8.64. The standard InChI is InChI=1S/C13H17N3O2/c14-11(13(7-17)4-1-5-13)8-2-3-9-10(6-8)16-12(18)15-9/h2-3,6,11,17H,1,4-5,7,14H2,(H2,15,16,18). The van der Waals surface area contributed by atoms with Crippen molar-refractivity contribution in [1.82, 2.24) is 9.97 Å². The molecule has 3 rings (SSSR count). The summed E-state index contributed by atoms with van der Waals surface area (Å²) in [6.07, 6.45) is 3.05. The number of hydrogen-bond acceptors (Lipinski definition) is 3. The highest BCUT2D eigenvalue weighted by atomic mass is 16.3. The van der Waals surface area contributed by atoms with E-state index in [0.29, 0.717) is 0 Å². The van der Waals surface area contributed by atoms with Crippen LogP contribution < -0.4 is 11.4 Å². The molecule has 0 saturated heterocycles. The predicted molar refractivity (Wildman–Crippen MR) is 69.2 cm³/mol. The summed E-state index contributed by atoms with van der Waals surface area (Å²) in [5.41, 5.74) is 8.40. The molecule has 5 N–H and O–H groups in total. The number of hydrogen-bond donors (Lipinski definition) is 4. The van der Waals surface area contributed by atoms with Crippen LogP contribution in [0.15, 0.2) is 23.0 Å². The zero-order valence-electron chi connectivity index (χ0n) is 10.1. The fraction of sp³-hybridized carbons (Fsp3) is 0.462. The van der Waals surface area contributed by atoms with Crippen LogP contribution in [-0.4, -0.2) is 21.7 Å². The highest BCUT2D eigenvalue weighted by molar-refractivity contribution is 5.75. The maximum atomic E-state index is 11.2. The van der Waals surface area contributed by atoms with Crippen molar-refractivity contribution in [1.29, 1.82) is 0 Å². The molecule has 1 aliphatic rings. The lowest BCUT2D eigenvalue weighted by molar-refractivity contribution is 0.0184. The Kier molecular flexibility index (Phi) is 2.53. The smallest absolute Gasteiger partial charge is 0.323 e. The molecule has 1 saturated carbocycles. The second kappa shape index (κ2) is 3.96. The molecule has 96 valence electrons. The Hall–Kier alpha value is -1.59. The lowest BCUT2D eigenvalue weighted by atomic mass is 9.63. The number of benzene rings is 1. The number of aliphatic hydroxyl groups is 1. The van der Waals surface area contributed by atoms with Gasteiger partial charge < -0.3 is 20.8 Å². The van der Waals surface area contributed by atoms with Gasteiger partial charge in [0.1, 0.15) is 0 Å². The van der Waals surface area contributed by atoms with Crippen molar-refractivity contribution in [3.05, 3.63) is 34.2 Å². The van der Waals surface area contributed by atoms with Gasteiger partial charge in [-0.1, -0.05) is 12.5 Å². The Morgan fingerprint density at radius 2 is 2.06 bits per heavy atom. The lowest BCUT2D eigenvalue weighted by Gasteiger charge is -2.45. The van der Waals surface area contributed by atoms with E-state index in [0.717, 1.165) is 35.9 Å². The van der Waals surface area contributed by atoms with Gasteiger partial charge in [-0.2, -0.15) is 0 Å². The third-order valence-corrected chi connectivity index (χ3v) is 4.22. The molecule has 5 heteroatoms. The summed E-state index contributed by atoms with van der Waals surface area (Å²) in [6, 6.07) is 5.49. The molecular weight excluding hydrogens is 230 g/mol. The van der Waals surface area contributed by atoms with Crippen molar-refractivity contribution in [3.63, 3.8) is 0 Å². The van der Waals surface area contributed by atoms with Gasteiger partial charge >= 0.3 is 5.69 Å². The Balaban J connectivity index is 2.00. The van der Waals surface area contributed by atoms with Gasteiger partial charge in [0, 0.05) is 11.5 Å². The average Bonchev–Trinajstić information content (AvgIpc) is 2.67. The number of rotatable bonds is 3. The fourth-order valence-electron chi connectivity index (χ4n) is 2.80. The first-order valence-electron chi connectivity index (χ1n) is 6.23. The fourth-order valence-corrected chi connectivity index (χ4v) is 2.80. The van der Waals surface area contributed by atoms with Crippen LogP contribution >= 0.6 is 0 Å². The molecule has 0 aliphatic heterocycles. The van der Waals surface area contributed by atoms with Crippen LogP contribution in [0.4, 0.5) is 0 Å². The Bertz CT molecular complexity index is 619. The molecule has 0 spiro atoms. The van der Waals surface area contributed by atoms with E-state index < -0.39 is 0 Å². The zero-order chi connectivity index (χ0) is 12.8. The van der Waals surface area contributed by atoms with Crippen molar-refractivity contribution in [2.24, 2.45) is 11.1 Å². The first-order valence-corrected chi connectivity index (χ1v) is 6.23. The number of imidazole rings is 1. The number of nitrogens with two attached hydrogens (primary N) is 1. The van der Waals surface area contributed by atoms with Gasteiger partial charge in [0.05, 0.1) is 17.6 Å². The van der Waals surface area contributed by atoms with Crippen molar-refractivity contribution in [2.45, 2.75) is 25.3 Å². The summed E-state index contributed by atoms with van der Waals surface area (Å²) in [4.78, 5) is 16.6. The molecule has 1 unspecified atom stereocenters. The van der Waals surface area contributed by atoms with Crippen molar-refractivity contribution >= 4 is 11.0 Å². The van der Waals surface area contributed by atoms with Crippen LogP contribution in [0.1, 0.15) is 30.9 Å². The Morgan fingerprint density at radius 3 is 2.67 bits per heavy atom. The first kappa shape index (κ1) is 11.5. The summed E-state index contributed by atoms with van der Waals surface area (Å²) in [7, 11) is 0. The molecule has 1 atom stereocenters. The summed E-state index contributed by atoms with van der Waals surface area (Å²) in [6.45, 7) is 0.121. The number of aliphatic hydroxyl groups excluding tert-OH is 1. The third kappa shape index (κ3) is 1.59. The minimum absolute atomic E-state index is 0.121. The molecule has 5 nitrogen and oxygen atoms in total. The van der Waals surface area contributed by atoms with E-state index in [9.17, 15) is 9.90 Å². The van der Waals surface area contributed by atoms with Gasteiger partial charge in [-0.15, -0.1) is 0 Å². The zero-order valence-corrected chi connectivity index (χ0v) is 10.1. The van der Waals surface area contributed by atoms with E-state index in [2.05, 4.69) is 9.97 Å². The van der Waals surface area contributed by atoms with Crippen molar-refractivity contribution < 1.29 is 5.11 Å². The maximum absolute atomic E-state index is 11.2.